The van der Waals surface area contributed by atoms with Crippen LogP contribution in [-0.4, -0.2) is 16.5 Å². The highest BCUT2D eigenvalue weighted by Gasteiger charge is 2.25. The van der Waals surface area contributed by atoms with Gasteiger partial charge >= 0.3 is 0 Å². The van der Waals surface area contributed by atoms with E-state index in [0.717, 1.165) is 5.56 Å². The Balaban J connectivity index is 2.24. The molecule has 1 aliphatic rings. The van der Waals surface area contributed by atoms with Crippen LogP contribution in [0.15, 0.2) is 40.1 Å². The predicted molar refractivity (Wildman–Crippen MR) is 69.5 cm³/mol. The Kier molecular flexibility index (Phi) is 2.48. The van der Waals surface area contributed by atoms with E-state index >= 15 is 0 Å². The maximum absolute atomic E-state index is 12.1. The Labute approximate surface area is 107 Å². The van der Waals surface area contributed by atoms with Crippen LogP contribution in [0.5, 0.6) is 0 Å². The van der Waals surface area contributed by atoms with Crippen molar-refractivity contribution in [3.8, 4) is 0 Å². The van der Waals surface area contributed by atoms with Gasteiger partial charge in [-0.15, -0.1) is 0 Å². The number of nitrogens with zero attached hydrogens (tertiary/aromatic N) is 2. The van der Waals surface area contributed by atoms with Crippen molar-refractivity contribution in [3.63, 3.8) is 0 Å². The normalized spacial score (nSPS) is 18.8. The standard InChI is InChI=1S/C13H10N2O2S/c1-8-11(16)15-12(17)10(18-13(15)14-8)7-9-5-3-2-4-6-9/h2-8H,1H3/b10-7+/t8-/m0/s1. The summed E-state index contributed by atoms with van der Waals surface area (Å²) in [6.45, 7) is 1.70. The molecule has 2 aromatic rings. The van der Waals surface area contributed by atoms with Gasteiger partial charge in [0.2, 0.25) is 0 Å². The minimum atomic E-state index is -0.435. The van der Waals surface area contributed by atoms with Gasteiger partial charge in [0.15, 0.2) is 4.80 Å². The van der Waals surface area contributed by atoms with E-state index in [1.165, 1.54) is 15.9 Å². The van der Waals surface area contributed by atoms with Gasteiger partial charge in [0.05, 0.1) is 4.53 Å². The molecule has 0 spiro atoms. The summed E-state index contributed by atoms with van der Waals surface area (Å²) in [5.74, 6) is -0.237. The van der Waals surface area contributed by atoms with Gasteiger partial charge in [-0.2, -0.15) is 0 Å². The molecule has 0 N–H and O–H groups in total. The first-order valence-electron chi connectivity index (χ1n) is 5.57. The summed E-state index contributed by atoms with van der Waals surface area (Å²) in [5.41, 5.74) is 0.674. The molecule has 90 valence electrons. The van der Waals surface area contributed by atoms with E-state index in [1.54, 1.807) is 13.0 Å². The van der Waals surface area contributed by atoms with E-state index in [2.05, 4.69) is 4.99 Å². The van der Waals surface area contributed by atoms with Crippen LogP contribution in [0.2, 0.25) is 0 Å². The highest BCUT2D eigenvalue weighted by Crippen LogP contribution is 2.00. The van der Waals surface area contributed by atoms with E-state index in [1.807, 2.05) is 30.3 Å². The summed E-state index contributed by atoms with van der Waals surface area (Å²) in [5, 5.41) is 0. The van der Waals surface area contributed by atoms with Crippen LogP contribution in [0.3, 0.4) is 0 Å². The lowest BCUT2D eigenvalue weighted by atomic mass is 10.2. The molecule has 2 heterocycles. The topological polar surface area (TPSA) is 51.4 Å². The molecular formula is C13H10N2O2S. The van der Waals surface area contributed by atoms with Crippen molar-refractivity contribution in [1.29, 1.82) is 0 Å². The number of carbonyl (C=O) groups excluding carboxylic acids is 1. The molecule has 4 nitrogen and oxygen atoms in total. The number of rotatable bonds is 1. The molecule has 0 radical (unpaired) electrons. The monoisotopic (exact) mass is 258 g/mol. The summed E-state index contributed by atoms with van der Waals surface area (Å²) in [6.07, 6.45) is 1.78. The van der Waals surface area contributed by atoms with Crippen LogP contribution >= 0.6 is 11.3 Å². The van der Waals surface area contributed by atoms with Crippen molar-refractivity contribution >= 4 is 23.3 Å². The first kappa shape index (κ1) is 11.1. The van der Waals surface area contributed by atoms with E-state index in [4.69, 9.17) is 0 Å². The van der Waals surface area contributed by atoms with Crippen molar-refractivity contribution < 1.29 is 4.79 Å². The highest BCUT2D eigenvalue weighted by atomic mass is 32.1. The van der Waals surface area contributed by atoms with Crippen molar-refractivity contribution in [2.45, 2.75) is 13.0 Å². The zero-order chi connectivity index (χ0) is 12.7. The molecule has 18 heavy (non-hydrogen) atoms. The van der Waals surface area contributed by atoms with Crippen LogP contribution in [-0.2, 0) is 0 Å². The number of fused-ring (bicyclic) bond motifs is 1. The molecule has 0 unspecified atom stereocenters. The summed E-state index contributed by atoms with van der Waals surface area (Å²) in [4.78, 5) is 28.5. The fraction of sp³-hybridized carbons (Fsp3) is 0.154. The molecule has 0 amide bonds. The zero-order valence-electron chi connectivity index (χ0n) is 9.66. The molecule has 3 rings (SSSR count). The molecule has 5 heteroatoms. The Morgan fingerprint density at radius 2 is 2.00 bits per heavy atom. The molecule has 1 atom stereocenters. The van der Waals surface area contributed by atoms with Gasteiger partial charge in [0.25, 0.3) is 11.5 Å². The molecule has 0 saturated heterocycles. The van der Waals surface area contributed by atoms with E-state index < -0.39 is 6.04 Å². The predicted octanol–water partition coefficient (Wildman–Crippen LogP) is 0.401. The van der Waals surface area contributed by atoms with Crippen LogP contribution in [0.4, 0.5) is 0 Å². The summed E-state index contributed by atoms with van der Waals surface area (Å²) >= 11 is 1.26. The van der Waals surface area contributed by atoms with Gasteiger partial charge in [-0.3, -0.25) is 9.59 Å². The molecule has 1 aromatic carbocycles. The van der Waals surface area contributed by atoms with Crippen molar-refractivity contribution in [1.82, 2.24) is 4.57 Å². The second-order valence-electron chi connectivity index (χ2n) is 4.09. The maximum Gasteiger partial charge on any atom is 0.277 e. The largest absolute Gasteiger partial charge is 0.277 e. The van der Waals surface area contributed by atoms with E-state index in [9.17, 15) is 9.59 Å². The van der Waals surface area contributed by atoms with Gasteiger partial charge in [0.1, 0.15) is 6.04 Å². The number of benzene rings is 1. The average molecular weight is 258 g/mol. The Morgan fingerprint density at radius 1 is 1.28 bits per heavy atom. The number of thiazole rings is 1. The quantitative estimate of drug-likeness (QED) is 0.743. The molecule has 0 fully saturated rings. The lowest BCUT2D eigenvalue weighted by Crippen LogP contribution is -2.35. The number of hydrogen-bond acceptors (Lipinski definition) is 4. The Hall–Kier alpha value is -2.01. The third-order valence-electron chi connectivity index (χ3n) is 2.79. The summed E-state index contributed by atoms with van der Waals surface area (Å²) < 4.78 is 1.71. The van der Waals surface area contributed by atoms with Crippen molar-refractivity contribution in [2.24, 2.45) is 4.99 Å². The average Bonchev–Trinajstić information content (AvgIpc) is 2.80. The first-order chi connectivity index (χ1) is 8.66. The second kappa shape index (κ2) is 4.03. The van der Waals surface area contributed by atoms with E-state index in [-0.39, 0.29) is 11.5 Å². The van der Waals surface area contributed by atoms with Crippen LogP contribution in [0.1, 0.15) is 17.3 Å². The molecule has 0 aliphatic carbocycles. The van der Waals surface area contributed by atoms with Gasteiger partial charge < -0.3 is 0 Å². The third-order valence-corrected chi connectivity index (χ3v) is 3.77. The van der Waals surface area contributed by atoms with Crippen LogP contribution in [0, 0.1) is 0 Å². The van der Waals surface area contributed by atoms with Gasteiger partial charge in [-0.1, -0.05) is 41.7 Å². The number of aromatic nitrogens is 1. The molecule has 0 bridgehead atoms. The molecule has 1 aliphatic heterocycles. The first-order valence-corrected chi connectivity index (χ1v) is 6.39. The minimum absolute atomic E-state index is 0.237. The lowest BCUT2D eigenvalue weighted by molar-refractivity contribution is 0.0899. The number of hydrogen-bond donors (Lipinski definition) is 0. The number of carbonyl (C=O) groups is 1. The van der Waals surface area contributed by atoms with Crippen molar-refractivity contribution in [3.05, 3.63) is 55.6 Å². The fourth-order valence-electron chi connectivity index (χ4n) is 1.86. The molecule has 1 aromatic heterocycles. The lowest BCUT2D eigenvalue weighted by Gasteiger charge is -1.94. The van der Waals surface area contributed by atoms with Crippen molar-refractivity contribution in [2.75, 3.05) is 0 Å². The van der Waals surface area contributed by atoms with Crippen LogP contribution < -0.4 is 14.9 Å². The smallest absolute Gasteiger partial charge is 0.271 e. The fourth-order valence-corrected chi connectivity index (χ4v) is 2.91. The molecular weight excluding hydrogens is 248 g/mol. The summed E-state index contributed by atoms with van der Waals surface area (Å²) in [6, 6.07) is 9.12. The Morgan fingerprint density at radius 3 is 2.67 bits per heavy atom. The van der Waals surface area contributed by atoms with Gasteiger partial charge in [0, 0.05) is 0 Å². The van der Waals surface area contributed by atoms with Crippen LogP contribution in [0.25, 0.3) is 6.08 Å². The third kappa shape index (κ3) is 1.64. The van der Waals surface area contributed by atoms with Gasteiger partial charge in [-0.05, 0) is 18.6 Å². The molecule has 0 saturated carbocycles. The summed E-state index contributed by atoms with van der Waals surface area (Å²) in [7, 11) is 0. The highest BCUT2D eigenvalue weighted by molar-refractivity contribution is 7.07. The second-order valence-corrected chi connectivity index (χ2v) is 5.10. The SMILES string of the molecule is C[C@@H]1N=c2s/c(=C/c3ccccc3)c(=O)n2C1=O. The zero-order valence-corrected chi connectivity index (χ0v) is 10.5. The maximum atomic E-state index is 12.1. The van der Waals surface area contributed by atoms with Gasteiger partial charge in [-0.25, -0.2) is 9.56 Å². The Bertz CT molecular complexity index is 787. The van der Waals surface area contributed by atoms with E-state index in [0.29, 0.717) is 9.33 Å². The minimum Gasteiger partial charge on any atom is -0.271 e.